The minimum absolute atomic E-state index is 0.0920. The van der Waals surface area contributed by atoms with Crippen LogP contribution < -0.4 is 22.4 Å². The highest BCUT2D eigenvalue weighted by atomic mass is 16.6. The molecule has 1 atom stereocenters. The molecule has 2 aromatic carbocycles. The van der Waals surface area contributed by atoms with Gasteiger partial charge in [0.2, 0.25) is 0 Å². The molecule has 1 aliphatic rings. The number of nitrogens with two attached hydrogens (primary N) is 1. The molecule has 1 aromatic heterocycles. The van der Waals surface area contributed by atoms with Gasteiger partial charge in [-0.25, -0.2) is 4.79 Å². The molecule has 4 N–H and O–H groups in total. The summed E-state index contributed by atoms with van der Waals surface area (Å²) in [4.78, 5) is 27.2. The van der Waals surface area contributed by atoms with Crippen molar-refractivity contribution in [2.45, 2.75) is 70.6 Å². The Morgan fingerprint density at radius 3 is 1.97 bits per heavy atom. The Hall–Kier alpha value is -2.82. The molecular weight excluding hydrogens is 458 g/mol. The number of aryl methyl sites for hydroxylation is 2. The summed E-state index contributed by atoms with van der Waals surface area (Å²) < 4.78 is 7.27. The number of hydrogen-bond donors (Lipinski definition) is 3. The number of benzene rings is 2. The zero-order valence-corrected chi connectivity index (χ0v) is 21.8. The van der Waals surface area contributed by atoms with E-state index in [4.69, 9.17) is 19.9 Å². The Labute approximate surface area is 211 Å². The van der Waals surface area contributed by atoms with Gasteiger partial charge >= 0.3 is 5.76 Å². The molecule has 0 unspecified atom stereocenters. The summed E-state index contributed by atoms with van der Waals surface area (Å²) >= 11 is 0. The lowest BCUT2D eigenvalue weighted by Gasteiger charge is -2.37. The van der Waals surface area contributed by atoms with Crippen LogP contribution in [0.15, 0.2) is 45.7 Å². The molecule has 4 rings (SSSR count). The second kappa shape index (κ2) is 11.1. The molecule has 0 amide bonds. The Morgan fingerprint density at radius 1 is 1.00 bits per heavy atom. The smallest absolute Gasteiger partial charge is 0.328 e. The molecule has 0 bridgehead atoms. The third-order valence-corrected chi connectivity index (χ3v) is 6.83. The molecule has 36 heavy (non-hydrogen) atoms. The van der Waals surface area contributed by atoms with Gasteiger partial charge in [0, 0.05) is 19.1 Å². The van der Waals surface area contributed by atoms with Gasteiger partial charge in [0.25, 0.3) is 0 Å². The average Bonchev–Trinajstić information content (AvgIpc) is 3.20. The van der Waals surface area contributed by atoms with Crippen molar-refractivity contribution in [3.8, 4) is 0 Å². The predicted molar refractivity (Wildman–Crippen MR) is 137 cm³/mol. The summed E-state index contributed by atoms with van der Waals surface area (Å²) in [5.41, 5.74) is 18.5. The van der Waals surface area contributed by atoms with Gasteiger partial charge in [0.15, 0.2) is 5.82 Å². The van der Waals surface area contributed by atoms with E-state index in [1.807, 2.05) is 20.8 Å². The molecule has 0 fully saturated rings. The van der Waals surface area contributed by atoms with E-state index in [9.17, 15) is 4.79 Å². The summed E-state index contributed by atoms with van der Waals surface area (Å²) in [6.45, 7) is 7.16. The lowest BCUT2D eigenvalue weighted by Crippen LogP contribution is -2.40. The van der Waals surface area contributed by atoms with Gasteiger partial charge in [0.05, 0.1) is 25.7 Å². The van der Waals surface area contributed by atoms with Crippen molar-refractivity contribution < 1.29 is 14.2 Å². The summed E-state index contributed by atoms with van der Waals surface area (Å²) in [5.74, 6) is -0.00772. The van der Waals surface area contributed by atoms with Crippen LogP contribution in [0.5, 0.6) is 0 Å². The molecule has 0 saturated heterocycles. The molecule has 0 radical (unpaired) electrons. The normalized spacial score (nSPS) is 15.4. The molecule has 3 aromatic rings. The highest BCUT2D eigenvalue weighted by Gasteiger charge is 2.46. The topological polar surface area (TPSA) is 117 Å². The van der Waals surface area contributed by atoms with E-state index in [2.05, 4.69) is 52.3 Å². The molecule has 0 aliphatic heterocycles. The third-order valence-electron chi connectivity index (χ3n) is 6.83. The Bertz CT molecular complexity index is 1190. The number of hydroxylamine groups is 2. The van der Waals surface area contributed by atoms with Crippen molar-refractivity contribution >= 4 is 0 Å². The maximum atomic E-state index is 12.6. The second-order valence-corrected chi connectivity index (χ2v) is 9.83. The summed E-state index contributed by atoms with van der Waals surface area (Å²) in [7, 11) is 3.22. The Morgan fingerprint density at radius 2 is 1.53 bits per heavy atom. The van der Waals surface area contributed by atoms with Crippen molar-refractivity contribution in [1.82, 2.24) is 20.7 Å². The van der Waals surface area contributed by atoms with Crippen LogP contribution in [0.2, 0.25) is 0 Å². The fourth-order valence-electron chi connectivity index (χ4n) is 5.44. The molecule has 0 saturated carbocycles. The Balaban J connectivity index is 2.03. The highest BCUT2D eigenvalue weighted by molar-refractivity contribution is 5.56. The molecule has 9 nitrogen and oxygen atoms in total. The van der Waals surface area contributed by atoms with E-state index in [1.54, 1.807) is 19.0 Å². The maximum Gasteiger partial charge on any atom is 0.459 e. The third kappa shape index (κ3) is 5.02. The fraction of sp³-hybridized carbons (Fsp3) is 0.481. The van der Waals surface area contributed by atoms with E-state index < -0.39 is 11.2 Å². The summed E-state index contributed by atoms with van der Waals surface area (Å²) in [5, 5.41) is 0. The van der Waals surface area contributed by atoms with Crippen molar-refractivity contribution in [3.05, 3.63) is 86.2 Å². The molecule has 9 heteroatoms. The Kier molecular flexibility index (Phi) is 8.07. The summed E-state index contributed by atoms with van der Waals surface area (Å²) in [6, 6.07) is 12.7. The van der Waals surface area contributed by atoms with E-state index in [0.717, 1.165) is 35.1 Å². The first-order valence-corrected chi connectivity index (χ1v) is 12.4. The summed E-state index contributed by atoms with van der Waals surface area (Å²) in [6.07, 6.45) is 2.25. The molecule has 194 valence electrons. The van der Waals surface area contributed by atoms with E-state index in [0.29, 0.717) is 25.3 Å². The number of nitrogens with zero attached hydrogens (tertiary/aromatic N) is 2. The van der Waals surface area contributed by atoms with Crippen molar-refractivity contribution in [2.75, 3.05) is 14.2 Å². The second-order valence-electron chi connectivity index (χ2n) is 9.83. The number of aromatic nitrogens is 2. The molecule has 1 heterocycles. The van der Waals surface area contributed by atoms with Crippen LogP contribution in [0, 0.1) is 0 Å². The van der Waals surface area contributed by atoms with Crippen LogP contribution in [0.3, 0.4) is 0 Å². The van der Waals surface area contributed by atoms with Crippen LogP contribution >= 0.6 is 0 Å². The monoisotopic (exact) mass is 495 g/mol. The predicted octanol–water partition coefficient (Wildman–Crippen LogP) is 2.89. The number of hydrogen-bond acceptors (Lipinski definition) is 8. The van der Waals surface area contributed by atoms with Crippen LogP contribution in [0.4, 0.5) is 0 Å². The molecule has 1 aliphatic carbocycles. The fourth-order valence-corrected chi connectivity index (χ4v) is 5.44. The lowest BCUT2D eigenvalue weighted by molar-refractivity contribution is 0.0866. The minimum Gasteiger partial charge on any atom is -0.328 e. The van der Waals surface area contributed by atoms with Crippen molar-refractivity contribution in [2.24, 2.45) is 5.73 Å². The molecule has 0 spiro atoms. The van der Waals surface area contributed by atoms with E-state index in [-0.39, 0.29) is 12.1 Å². The number of rotatable bonds is 10. The van der Waals surface area contributed by atoms with Crippen LogP contribution in [0.25, 0.3) is 0 Å². The van der Waals surface area contributed by atoms with Gasteiger partial charge in [0.1, 0.15) is 0 Å². The minimum atomic E-state index is -0.758. The van der Waals surface area contributed by atoms with Gasteiger partial charge < -0.3 is 19.9 Å². The van der Waals surface area contributed by atoms with Gasteiger partial charge in [-0.2, -0.15) is 20.7 Å². The zero-order chi connectivity index (χ0) is 25.9. The number of nitrogens with one attached hydrogen (secondary N) is 2. The largest absolute Gasteiger partial charge is 0.459 e. The molecular formula is C27H37N5O4. The van der Waals surface area contributed by atoms with Crippen LogP contribution in [-0.2, 0) is 41.0 Å². The van der Waals surface area contributed by atoms with Gasteiger partial charge in [-0.05, 0) is 73.4 Å². The van der Waals surface area contributed by atoms with E-state index in [1.165, 1.54) is 11.1 Å². The van der Waals surface area contributed by atoms with E-state index >= 15 is 0 Å². The standard InChI is InChI=1S/C27H37N5O4/c1-17(2)32-25(31-26(33)36-32)27(14-18(3)28)23-10-6-19(15-29-34-4)12-21(23)8-9-22-13-20(16-30-35-5)7-11-24(22)27/h6-7,10-13,17-18,29-30H,8-9,14-16,28H2,1-5H3/t18-/m0/s1. The first-order chi connectivity index (χ1) is 17.3. The maximum absolute atomic E-state index is 12.6. The van der Waals surface area contributed by atoms with Crippen molar-refractivity contribution in [3.63, 3.8) is 0 Å². The first-order valence-electron chi connectivity index (χ1n) is 12.4. The van der Waals surface area contributed by atoms with Crippen molar-refractivity contribution in [1.29, 1.82) is 0 Å². The van der Waals surface area contributed by atoms with Gasteiger partial charge in [-0.3, -0.25) is 0 Å². The lowest BCUT2D eigenvalue weighted by atomic mass is 9.67. The first kappa shape index (κ1) is 26.2. The quantitative estimate of drug-likeness (QED) is 0.368. The van der Waals surface area contributed by atoms with Gasteiger partial charge in [-0.15, -0.1) is 0 Å². The van der Waals surface area contributed by atoms with Crippen LogP contribution in [0.1, 0.15) is 72.4 Å². The zero-order valence-electron chi connectivity index (χ0n) is 21.8. The SMILES string of the molecule is CONCc1ccc2c(c1)CCc1cc(CNOC)ccc1C2(C[C@H](C)N)c1nc(=O)on1C(C)C. The van der Waals surface area contributed by atoms with Gasteiger partial charge in [-0.1, -0.05) is 36.4 Å². The highest BCUT2D eigenvalue weighted by Crippen LogP contribution is 2.47. The van der Waals surface area contributed by atoms with Crippen LogP contribution in [-0.4, -0.2) is 30.0 Å². The average molecular weight is 496 g/mol. The number of fused-ring (bicyclic) bond motifs is 2.